The lowest BCUT2D eigenvalue weighted by Gasteiger charge is -2.26. The Hall–Kier alpha value is -1.15. The molecule has 0 aromatic heterocycles. The third-order valence-electron chi connectivity index (χ3n) is 4.07. The summed E-state index contributed by atoms with van der Waals surface area (Å²) in [7, 11) is 0. The van der Waals surface area contributed by atoms with Gasteiger partial charge < -0.3 is 5.11 Å². The number of hydrogen-bond donors (Lipinski definition) is 1. The zero-order valence-electron chi connectivity index (χ0n) is 11.0. The van der Waals surface area contributed by atoms with E-state index in [0.717, 1.165) is 31.2 Å². The molecule has 0 aliphatic heterocycles. The van der Waals surface area contributed by atoms with Crippen LogP contribution in [0, 0.1) is 11.8 Å². The molecule has 0 unspecified atom stereocenters. The maximum Gasteiger partial charge on any atom is 0.141 e. The minimum Gasteiger partial charge on any atom is -0.388 e. The minimum absolute atomic E-state index is 0.173. The average Bonchev–Trinajstić information content (AvgIpc) is 2.47. The molecule has 0 spiro atoms. The van der Waals surface area contributed by atoms with Crippen LogP contribution < -0.4 is 0 Å². The molecular weight excluding hydrogens is 224 g/mol. The largest absolute Gasteiger partial charge is 0.388 e. The molecule has 1 saturated carbocycles. The van der Waals surface area contributed by atoms with Crippen LogP contribution >= 0.6 is 0 Å². The highest BCUT2D eigenvalue weighted by Gasteiger charge is 2.30. The second kappa shape index (κ2) is 6.14. The molecule has 0 saturated heterocycles. The average molecular weight is 246 g/mol. The summed E-state index contributed by atoms with van der Waals surface area (Å²) in [4.78, 5) is 12.4. The number of Topliss-reactive ketones (excluding diaryl/α,β-unsaturated/α-hetero) is 1. The Balaban J connectivity index is 2.01. The Kier molecular flexibility index (Phi) is 4.54. The maximum absolute atomic E-state index is 12.4. The quantitative estimate of drug-likeness (QED) is 0.882. The number of carbonyl (C=O) groups is 1. The van der Waals surface area contributed by atoms with Gasteiger partial charge in [0, 0.05) is 11.8 Å². The summed E-state index contributed by atoms with van der Waals surface area (Å²) in [5.74, 6) is 0.119. The fraction of sp³-hybridized carbons (Fsp3) is 0.562. The van der Waals surface area contributed by atoms with Crippen molar-refractivity contribution in [2.75, 3.05) is 0 Å². The first-order valence-electron chi connectivity index (χ1n) is 6.97. The molecule has 2 rings (SSSR count). The molecule has 1 N–H and O–H groups in total. The first-order valence-corrected chi connectivity index (χ1v) is 6.97. The van der Waals surface area contributed by atoms with E-state index in [0.29, 0.717) is 0 Å². The van der Waals surface area contributed by atoms with Crippen molar-refractivity contribution >= 4 is 5.78 Å². The van der Waals surface area contributed by atoms with Gasteiger partial charge in [0.25, 0.3) is 0 Å². The van der Waals surface area contributed by atoms with E-state index in [2.05, 4.69) is 0 Å². The molecule has 1 aromatic rings. The molecule has 2 atom stereocenters. The molecule has 0 heterocycles. The van der Waals surface area contributed by atoms with Crippen LogP contribution in [-0.2, 0) is 4.79 Å². The first kappa shape index (κ1) is 13.3. The van der Waals surface area contributed by atoms with Crippen molar-refractivity contribution in [1.29, 1.82) is 0 Å². The van der Waals surface area contributed by atoms with E-state index in [1.807, 2.05) is 37.3 Å². The van der Waals surface area contributed by atoms with E-state index in [9.17, 15) is 9.90 Å². The Bertz CT molecular complexity index is 379. The summed E-state index contributed by atoms with van der Waals surface area (Å²) in [5, 5.41) is 10.3. The fourth-order valence-corrected chi connectivity index (χ4v) is 2.85. The third-order valence-corrected chi connectivity index (χ3v) is 4.07. The molecule has 1 fully saturated rings. The standard InChI is InChI=1S/C16H22O2/c1-12(15(17)13-8-4-2-5-9-13)16(18)14-10-6-3-7-11-14/h2,4-5,8-9,12,14-15,17H,3,6-7,10-11H2,1H3/t12-,15+/m0/s1. The predicted octanol–water partition coefficient (Wildman–Crippen LogP) is 3.51. The summed E-state index contributed by atoms with van der Waals surface area (Å²) < 4.78 is 0. The van der Waals surface area contributed by atoms with Crippen LogP contribution in [0.2, 0.25) is 0 Å². The van der Waals surface area contributed by atoms with Gasteiger partial charge in [-0.05, 0) is 18.4 Å². The van der Waals surface area contributed by atoms with Gasteiger partial charge >= 0.3 is 0 Å². The number of carbonyl (C=O) groups excluding carboxylic acids is 1. The van der Waals surface area contributed by atoms with Crippen molar-refractivity contribution in [1.82, 2.24) is 0 Å². The van der Waals surface area contributed by atoms with Gasteiger partial charge in [0.05, 0.1) is 6.10 Å². The summed E-state index contributed by atoms with van der Waals surface area (Å²) in [6, 6.07) is 9.49. The Morgan fingerprint density at radius 1 is 1.17 bits per heavy atom. The van der Waals surface area contributed by atoms with Crippen molar-refractivity contribution < 1.29 is 9.90 Å². The van der Waals surface area contributed by atoms with Crippen molar-refractivity contribution in [3.63, 3.8) is 0 Å². The van der Waals surface area contributed by atoms with E-state index in [1.165, 1.54) is 6.42 Å². The minimum atomic E-state index is -0.666. The van der Waals surface area contributed by atoms with Gasteiger partial charge in [-0.1, -0.05) is 56.5 Å². The lowest BCUT2D eigenvalue weighted by Crippen LogP contribution is -2.27. The van der Waals surface area contributed by atoms with Crippen LogP contribution in [-0.4, -0.2) is 10.9 Å². The third kappa shape index (κ3) is 2.99. The highest BCUT2D eigenvalue weighted by molar-refractivity contribution is 5.83. The van der Waals surface area contributed by atoms with Gasteiger partial charge in [0.15, 0.2) is 0 Å². The highest BCUT2D eigenvalue weighted by Crippen LogP contribution is 2.31. The molecular formula is C16H22O2. The number of aliphatic hydroxyl groups is 1. The topological polar surface area (TPSA) is 37.3 Å². The number of ketones is 1. The van der Waals surface area contributed by atoms with Gasteiger partial charge in [0.1, 0.15) is 5.78 Å². The summed E-state index contributed by atoms with van der Waals surface area (Å²) in [5.41, 5.74) is 0.842. The van der Waals surface area contributed by atoms with Crippen LogP contribution in [0.3, 0.4) is 0 Å². The molecule has 0 bridgehead atoms. The molecule has 1 aromatic carbocycles. The van der Waals surface area contributed by atoms with Gasteiger partial charge in [0.2, 0.25) is 0 Å². The highest BCUT2D eigenvalue weighted by atomic mass is 16.3. The number of hydrogen-bond acceptors (Lipinski definition) is 2. The van der Waals surface area contributed by atoms with E-state index in [-0.39, 0.29) is 17.6 Å². The lowest BCUT2D eigenvalue weighted by atomic mass is 9.79. The Morgan fingerprint density at radius 2 is 1.78 bits per heavy atom. The first-order chi connectivity index (χ1) is 8.70. The maximum atomic E-state index is 12.4. The van der Waals surface area contributed by atoms with Gasteiger partial charge in [-0.2, -0.15) is 0 Å². The summed E-state index contributed by atoms with van der Waals surface area (Å²) in [6.45, 7) is 1.86. The van der Waals surface area contributed by atoms with Crippen LogP contribution in [0.5, 0.6) is 0 Å². The van der Waals surface area contributed by atoms with Crippen LogP contribution in [0.4, 0.5) is 0 Å². The Morgan fingerprint density at radius 3 is 2.39 bits per heavy atom. The smallest absolute Gasteiger partial charge is 0.141 e. The Labute approximate surface area is 109 Å². The van der Waals surface area contributed by atoms with Crippen LogP contribution in [0.1, 0.15) is 50.7 Å². The monoisotopic (exact) mass is 246 g/mol. The number of aliphatic hydroxyl groups excluding tert-OH is 1. The van der Waals surface area contributed by atoms with Gasteiger partial charge in [-0.15, -0.1) is 0 Å². The molecule has 98 valence electrons. The summed E-state index contributed by atoms with van der Waals surface area (Å²) >= 11 is 0. The zero-order chi connectivity index (χ0) is 13.0. The second-order valence-electron chi connectivity index (χ2n) is 5.38. The normalized spacial score (nSPS) is 20.3. The summed E-state index contributed by atoms with van der Waals surface area (Å²) in [6.07, 6.45) is 4.91. The predicted molar refractivity (Wildman–Crippen MR) is 72.1 cm³/mol. The molecule has 2 heteroatoms. The van der Waals surface area contributed by atoms with E-state index in [1.54, 1.807) is 0 Å². The van der Waals surface area contributed by atoms with E-state index in [4.69, 9.17) is 0 Å². The van der Waals surface area contributed by atoms with E-state index >= 15 is 0 Å². The number of benzene rings is 1. The van der Waals surface area contributed by atoms with Crippen LogP contribution in [0.15, 0.2) is 30.3 Å². The van der Waals surface area contributed by atoms with Gasteiger partial charge in [-0.25, -0.2) is 0 Å². The second-order valence-corrected chi connectivity index (χ2v) is 5.38. The molecule has 0 amide bonds. The fourth-order valence-electron chi connectivity index (χ4n) is 2.85. The molecule has 1 aliphatic carbocycles. The zero-order valence-corrected chi connectivity index (χ0v) is 11.0. The SMILES string of the molecule is C[C@H](C(=O)C1CCCCC1)[C@@H](O)c1ccccc1. The molecule has 0 radical (unpaired) electrons. The van der Waals surface area contributed by atoms with Crippen molar-refractivity contribution in [3.05, 3.63) is 35.9 Å². The lowest BCUT2D eigenvalue weighted by molar-refractivity contribution is -0.130. The number of rotatable bonds is 4. The molecule has 18 heavy (non-hydrogen) atoms. The van der Waals surface area contributed by atoms with Crippen molar-refractivity contribution in [2.24, 2.45) is 11.8 Å². The van der Waals surface area contributed by atoms with Crippen molar-refractivity contribution in [3.8, 4) is 0 Å². The van der Waals surface area contributed by atoms with Crippen molar-refractivity contribution in [2.45, 2.75) is 45.1 Å². The van der Waals surface area contributed by atoms with Crippen LogP contribution in [0.25, 0.3) is 0 Å². The van der Waals surface area contributed by atoms with E-state index < -0.39 is 6.10 Å². The van der Waals surface area contributed by atoms with Gasteiger partial charge in [-0.3, -0.25) is 4.79 Å². The molecule has 1 aliphatic rings. The molecule has 2 nitrogen and oxygen atoms in total.